The van der Waals surface area contributed by atoms with E-state index in [1.165, 1.54) is 38.5 Å². The Morgan fingerprint density at radius 1 is 0.960 bits per heavy atom. The van der Waals surface area contributed by atoms with Crippen LogP contribution < -0.4 is 42.4 Å². The Labute approximate surface area is 186 Å². The van der Waals surface area contributed by atoms with E-state index in [-0.39, 0.29) is 46.7 Å². The minimum absolute atomic E-state index is 0. The summed E-state index contributed by atoms with van der Waals surface area (Å²) in [7, 11) is -0.256. The molecule has 1 atom stereocenters. The molecule has 2 aliphatic rings. The van der Waals surface area contributed by atoms with Gasteiger partial charge in [-0.25, -0.2) is 0 Å². The van der Waals surface area contributed by atoms with Gasteiger partial charge < -0.3 is 37.2 Å². The van der Waals surface area contributed by atoms with Crippen molar-refractivity contribution in [3.63, 3.8) is 0 Å². The van der Waals surface area contributed by atoms with Crippen molar-refractivity contribution in [2.75, 3.05) is 0 Å². The van der Waals surface area contributed by atoms with Gasteiger partial charge in [0.25, 0.3) is 0 Å². The molecule has 5 heteroatoms. The van der Waals surface area contributed by atoms with Crippen LogP contribution in [0, 0.1) is 5.92 Å². The van der Waals surface area contributed by atoms with Gasteiger partial charge in [-0.1, -0.05) is 0 Å². The fourth-order valence-electron chi connectivity index (χ4n) is 4.28. The van der Waals surface area contributed by atoms with Crippen LogP contribution in [0.4, 0.5) is 0 Å². The van der Waals surface area contributed by atoms with E-state index in [9.17, 15) is 0 Å². The predicted octanol–water partition coefficient (Wildman–Crippen LogP) is -4.60. The van der Waals surface area contributed by atoms with Crippen LogP contribution in [0.3, 0.4) is 0 Å². The third kappa shape index (κ3) is 6.26. The number of rotatable bonds is 4. The molecule has 0 radical (unpaired) electrons. The van der Waals surface area contributed by atoms with Gasteiger partial charge in [-0.2, -0.15) is 0 Å². The fraction of sp³-hybridized carbons (Fsp3) is 0.500. The minimum Gasteiger partial charge on any atom is -1.00 e. The summed E-state index contributed by atoms with van der Waals surface area (Å²) >= 11 is 2.35. The molecule has 0 bridgehead atoms. The van der Waals surface area contributed by atoms with E-state index in [0.29, 0.717) is 0 Å². The Kier molecular flexibility index (Phi) is 12.3. The van der Waals surface area contributed by atoms with Crippen LogP contribution >= 0.6 is 0 Å². The van der Waals surface area contributed by atoms with Gasteiger partial charge in [-0.3, -0.25) is 0 Å². The molecule has 1 aromatic carbocycles. The molecule has 0 N–H and O–H groups in total. The first-order valence-corrected chi connectivity index (χ1v) is 11.1. The van der Waals surface area contributed by atoms with E-state index in [4.69, 9.17) is 0 Å². The fourth-order valence-corrected chi connectivity index (χ4v) is 7.36. The molecule has 0 heterocycles. The van der Waals surface area contributed by atoms with E-state index >= 15 is 0 Å². The van der Waals surface area contributed by atoms with E-state index in [0.717, 1.165) is 11.5 Å². The summed E-state index contributed by atoms with van der Waals surface area (Å²) in [4.78, 5) is 0. The SMILES string of the molecule is CC1=C(CC2CCCCC2)C([SiH2]c2ccccc2)C(C)=[C]1[Ti+3].[Cl-].[Cl-].[Cl-]. The van der Waals surface area contributed by atoms with Gasteiger partial charge >= 0.3 is 150 Å². The zero-order valence-corrected chi connectivity index (χ0v) is 20.4. The average molecular weight is 450 g/mol. The molecule has 0 spiro atoms. The second kappa shape index (κ2) is 12.1. The molecule has 0 aliphatic heterocycles. The molecule has 2 aliphatic carbocycles. The molecule has 0 amide bonds. The average Bonchev–Trinajstić information content (AvgIpc) is 2.75. The second-order valence-electron chi connectivity index (χ2n) is 7.16. The van der Waals surface area contributed by atoms with E-state index in [1.807, 2.05) is 5.57 Å². The monoisotopic (exact) mass is 448 g/mol. The van der Waals surface area contributed by atoms with Crippen molar-refractivity contribution in [1.82, 2.24) is 0 Å². The van der Waals surface area contributed by atoms with Crippen LogP contribution in [0.5, 0.6) is 0 Å². The van der Waals surface area contributed by atoms with E-state index in [1.54, 1.807) is 20.2 Å². The number of benzene rings is 1. The summed E-state index contributed by atoms with van der Waals surface area (Å²) < 4.78 is 1.60. The maximum absolute atomic E-state index is 2.40. The van der Waals surface area contributed by atoms with Gasteiger partial charge in [-0.05, 0) is 0 Å². The Balaban J connectivity index is 0.00000192. The molecule has 25 heavy (non-hydrogen) atoms. The van der Waals surface area contributed by atoms with Crippen molar-refractivity contribution in [3.8, 4) is 0 Å². The van der Waals surface area contributed by atoms with Gasteiger partial charge in [-0.15, -0.1) is 0 Å². The number of halogens is 3. The van der Waals surface area contributed by atoms with Gasteiger partial charge in [0.15, 0.2) is 0 Å². The number of hydrogen-bond acceptors (Lipinski definition) is 0. The van der Waals surface area contributed by atoms with Crippen LogP contribution in [0.15, 0.2) is 50.9 Å². The van der Waals surface area contributed by atoms with Crippen LogP contribution in [-0.2, 0) is 20.4 Å². The van der Waals surface area contributed by atoms with E-state index < -0.39 is 0 Å². The standard InChI is InChI=1S/C20H27Si.3ClH.Ti/c1-15-13-16(2)20(21-18-11-7-4-8-12-18)19(15)14-17-9-5-3-6-10-17;;;;/h4,7-8,11-12,17,20H,3,5-6,9-10,14,21H2,1-2H3;3*1H;/q;;;;+3/p-3. The second-order valence-corrected chi connectivity index (χ2v) is 9.98. The first-order chi connectivity index (χ1) is 10.7. The van der Waals surface area contributed by atoms with Crippen molar-refractivity contribution < 1.29 is 57.7 Å². The Morgan fingerprint density at radius 3 is 2.16 bits per heavy atom. The number of hydrogen-bond donors (Lipinski definition) is 0. The summed E-state index contributed by atoms with van der Waals surface area (Å²) in [6, 6.07) is 11.3. The van der Waals surface area contributed by atoms with Crippen molar-refractivity contribution in [2.24, 2.45) is 5.92 Å². The van der Waals surface area contributed by atoms with Crippen molar-refractivity contribution >= 4 is 14.7 Å². The smallest absolute Gasteiger partial charge is 1.00 e. The molecule has 1 fully saturated rings. The maximum atomic E-state index is 2.40. The van der Waals surface area contributed by atoms with Crippen LogP contribution in [0.1, 0.15) is 52.4 Å². The third-order valence-electron chi connectivity index (χ3n) is 5.71. The molecule has 1 unspecified atom stereocenters. The Morgan fingerprint density at radius 2 is 1.56 bits per heavy atom. The minimum atomic E-state index is -0.256. The molecule has 136 valence electrons. The largest absolute Gasteiger partial charge is 1.00 e. The van der Waals surface area contributed by atoms with Gasteiger partial charge in [0.2, 0.25) is 0 Å². The first kappa shape index (κ1) is 25.5. The number of allylic oxidation sites excluding steroid dienone is 4. The van der Waals surface area contributed by atoms with E-state index in [2.05, 4.69) is 64.6 Å². The van der Waals surface area contributed by atoms with Crippen LogP contribution in [-0.4, -0.2) is 9.52 Å². The quantitative estimate of drug-likeness (QED) is 0.406. The molecular weight excluding hydrogens is 423 g/mol. The molecule has 0 aromatic heterocycles. The van der Waals surface area contributed by atoms with Crippen molar-refractivity contribution in [1.29, 1.82) is 0 Å². The summed E-state index contributed by atoms with van der Waals surface area (Å²) in [6.07, 6.45) is 8.70. The molecule has 0 nitrogen and oxygen atoms in total. The first-order valence-electron chi connectivity index (χ1n) is 8.83. The van der Waals surface area contributed by atoms with Crippen LogP contribution in [0.2, 0.25) is 5.54 Å². The summed E-state index contributed by atoms with van der Waals surface area (Å²) in [5.74, 6) is 0.963. The summed E-state index contributed by atoms with van der Waals surface area (Å²) in [5, 5.41) is 1.62. The van der Waals surface area contributed by atoms with Gasteiger partial charge in [0.05, 0.1) is 0 Å². The molecule has 3 rings (SSSR count). The molecule has 1 aromatic rings. The van der Waals surface area contributed by atoms with Crippen molar-refractivity contribution in [2.45, 2.75) is 57.9 Å². The summed E-state index contributed by atoms with van der Waals surface area (Å²) in [5.41, 5.74) is 5.93. The predicted molar refractivity (Wildman–Crippen MR) is 95.0 cm³/mol. The zero-order valence-electron chi connectivity index (χ0n) is 15.1. The normalized spacial score (nSPS) is 21.2. The summed E-state index contributed by atoms with van der Waals surface area (Å²) in [6.45, 7) is 4.78. The Hall–Kier alpha value is 0.501. The molecule has 1 saturated carbocycles. The molecular formula is C20H27Cl3SiTi. The maximum Gasteiger partial charge on any atom is -1.00 e. The Bertz CT molecular complexity index is 592. The third-order valence-corrected chi connectivity index (χ3v) is 9.37. The van der Waals surface area contributed by atoms with Crippen LogP contribution in [0.25, 0.3) is 0 Å². The van der Waals surface area contributed by atoms with Gasteiger partial charge in [0.1, 0.15) is 0 Å². The molecule has 0 saturated heterocycles. The zero-order chi connectivity index (χ0) is 15.5. The topological polar surface area (TPSA) is 0 Å². The van der Waals surface area contributed by atoms with Crippen molar-refractivity contribution in [3.05, 3.63) is 50.9 Å². The van der Waals surface area contributed by atoms with Gasteiger partial charge in [0, 0.05) is 0 Å².